The fourth-order valence-electron chi connectivity index (χ4n) is 4.92. The third-order valence-corrected chi connectivity index (χ3v) is 8.79. The van der Waals surface area contributed by atoms with E-state index in [1.807, 2.05) is 18.2 Å². The fraction of sp³-hybridized carbons (Fsp3) is 0.682. The van der Waals surface area contributed by atoms with E-state index in [0.29, 0.717) is 29.9 Å². The summed E-state index contributed by atoms with van der Waals surface area (Å²) >= 11 is 0. The number of nitrogens with one attached hydrogen (secondary N) is 1. The first-order valence-corrected chi connectivity index (χ1v) is 12.6. The Labute approximate surface area is 198 Å². The average molecular weight is 547 g/mol. The minimum Gasteiger partial charge on any atom is -0.357 e. The average Bonchev–Trinajstić information content (AvgIpc) is 3.18. The molecule has 1 aromatic carbocycles. The number of piperidine rings is 1. The summed E-state index contributed by atoms with van der Waals surface area (Å²) in [7, 11) is -3.46. The highest BCUT2D eigenvalue weighted by Gasteiger charge is 2.43. The maximum Gasteiger partial charge on any atom is 0.243 e. The standard InChI is InChI=1S/C22H34N4O2S.HI/c1-2-23-21(25-16-13-22(18-25)11-8-12-22)24-17-19-9-4-5-10-20(19)29(27,28)26-14-6-3-7-15-26;/h4-5,9-10H,2-3,6-8,11-18H2,1H3,(H,23,24);1H. The summed E-state index contributed by atoms with van der Waals surface area (Å²) in [5, 5.41) is 3.42. The smallest absolute Gasteiger partial charge is 0.243 e. The second-order valence-corrected chi connectivity index (χ2v) is 10.7. The van der Waals surface area contributed by atoms with Gasteiger partial charge in [-0.3, -0.25) is 0 Å². The first-order valence-electron chi connectivity index (χ1n) is 11.2. The Morgan fingerprint density at radius 1 is 1.07 bits per heavy atom. The predicted molar refractivity (Wildman–Crippen MR) is 132 cm³/mol. The number of hydrogen-bond acceptors (Lipinski definition) is 3. The molecular weight excluding hydrogens is 511 g/mol. The second-order valence-electron chi connectivity index (χ2n) is 8.77. The van der Waals surface area contributed by atoms with Gasteiger partial charge in [0.25, 0.3) is 0 Å². The molecule has 2 saturated heterocycles. The number of nitrogens with zero attached hydrogens (tertiary/aromatic N) is 3. The Kier molecular flexibility index (Phi) is 8.06. The van der Waals surface area contributed by atoms with Crippen molar-refractivity contribution >= 4 is 40.0 Å². The van der Waals surface area contributed by atoms with Crippen LogP contribution in [-0.4, -0.2) is 56.3 Å². The van der Waals surface area contributed by atoms with E-state index in [2.05, 4.69) is 17.1 Å². The number of likely N-dealkylation sites (tertiary alicyclic amines) is 1. The molecule has 0 unspecified atom stereocenters. The Morgan fingerprint density at radius 2 is 1.80 bits per heavy atom. The van der Waals surface area contributed by atoms with Crippen molar-refractivity contribution in [3.05, 3.63) is 29.8 Å². The molecule has 3 aliphatic rings. The van der Waals surface area contributed by atoms with Gasteiger partial charge in [0, 0.05) is 32.7 Å². The lowest BCUT2D eigenvalue weighted by Gasteiger charge is -2.38. The highest BCUT2D eigenvalue weighted by Crippen LogP contribution is 2.47. The third kappa shape index (κ3) is 4.96. The van der Waals surface area contributed by atoms with Crippen LogP contribution in [0.25, 0.3) is 0 Å². The fourth-order valence-corrected chi connectivity index (χ4v) is 6.65. The van der Waals surface area contributed by atoms with Crippen molar-refractivity contribution in [1.82, 2.24) is 14.5 Å². The van der Waals surface area contributed by atoms with Gasteiger partial charge in [-0.2, -0.15) is 4.31 Å². The van der Waals surface area contributed by atoms with Crippen LogP contribution >= 0.6 is 24.0 Å². The minimum absolute atomic E-state index is 0. The zero-order valence-corrected chi connectivity index (χ0v) is 21.1. The van der Waals surface area contributed by atoms with Gasteiger partial charge < -0.3 is 10.2 Å². The molecule has 1 aliphatic carbocycles. The van der Waals surface area contributed by atoms with Crippen molar-refractivity contribution in [2.75, 3.05) is 32.7 Å². The molecule has 1 spiro atoms. The van der Waals surface area contributed by atoms with Gasteiger partial charge in [0.2, 0.25) is 10.0 Å². The molecule has 8 heteroatoms. The van der Waals surface area contributed by atoms with Gasteiger partial charge >= 0.3 is 0 Å². The molecule has 0 radical (unpaired) electrons. The van der Waals surface area contributed by atoms with Crippen LogP contribution in [0.2, 0.25) is 0 Å². The minimum atomic E-state index is -3.46. The largest absolute Gasteiger partial charge is 0.357 e. The van der Waals surface area contributed by atoms with E-state index in [4.69, 9.17) is 4.99 Å². The Hall–Kier alpha value is -0.870. The third-order valence-electron chi connectivity index (χ3n) is 6.79. The molecule has 6 nitrogen and oxygen atoms in total. The lowest BCUT2D eigenvalue weighted by molar-refractivity contribution is 0.151. The van der Waals surface area contributed by atoms with Crippen LogP contribution in [0, 0.1) is 5.41 Å². The van der Waals surface area contributed by atoms with Crippen molar-refractivity contribution in [3.8, 4) is 0 Å². The van der Waals surface area contributed by atoms with Crippen molar-refractivity contribution in [3.63, 3.8) is 0 Å². The lowest BCUT2D eigenvalue weighted by atomic mass is 9.68. The summed E-state index contributed by atoms with van der Waals surface area (Å²) in [4.78, 5) is 7.64. The zero-order chi connectivity index (χ0) is 20.3. The van der Waals surface area contributed by atoms with Gasteiger partial charge in [-0.1, -0.05) is 31.0 Å². The molecule has 3 fully saturated rings. The molecule has 168 valence electrons. The van der Waals surface area contributed by atoms with Crippen molar-refractivity contribution in [2.24, 2.45) is 10.4 Å². The molecule has 30 heavy (non-hydrogen) atoms. The number of halogens is 1. The monoisotopic (exact) mass is 546 g/mol. The SMILES string of the molecule is CCNC(=NCc1ccccc1S(=O)(=O)N1CCCCC1)N1CCC2(CCC2)C1.I. The summed E-state index contributed by atoms with van der Waals surface area (Å²) in [5.74, 6) is 0.918. The number of rotatable bonds is 5. The number of guanidine groups is 1. The predicted octanol–water partition coefficient (Wildman–Crippen LogP) is 3.82. The van der Waals surface area contributed by atoms with Gasteiger partial charge in [0.1, 0.15) is 0 Å². The number of benzene rings is 1. The van der Waals surface area contributed by atoms with Crippen LogP contribution in [-0.2, 0) is 16.6 Å². The maximum atomic E-state index is 13.2. The van der Waals surface area contributed by atoms with Crippen LogP contribution in [0.3, 0.4) is 0 Å². The Balaban J connectivity index is 0.00000256. The number of sulfonamides is 1. The molecule has 1 N–H and O–H groups in total. The van der Waals surface area contributed by atoms with E-state index >= 15 is 0 Å². The van der Waals surface area contributed by atoms with Crippen molar-refractivity contribution < 1.29 is 8.42 Å². The van der Waals surface area contributed by atoms with E-state index in [9.17, 15) is 8.42 Å². The number of aliphatic imine (C=N–C) groups is 1. The van der Waals surface area contributed by atoms with Crippen LogP contribution in [0.5, 0.6) is 0 Å². The quantitative estimate of drug-likeness (QED) is 0.347. The van der Waals surface area contributed by atoms with Crippen molar-refractivity contribution in [1.29, 1.82) is 0 Å². The van der Waals surface area contributed by atoms with E-state index in [-0.39, 0.29) is 24.0 Å². The summed E-state index contributed by atoms with van der Waals surface area (Å²) in [6.45, 7) is 6.65. The molecule has 0 atom stereocenters. The highest BCUT2D eigenvalue weighted by atomic mass is 127. The van der Waals surface area contributed by atoms with Crippen LogP contribution in [0.4, 0.5) is 0 Å². The van der Waals surface area contributed by atoms with E-state index < -0.39 is 10.0 Å². The molecule has 0 aromatic heterocycles. The number of hydrogen-bond donors (Lipinski definition) is 1. The summed E-state index contributed by atoms with van der Waals surface area (Å²) in [6, 6.07) is 7.37. The van der Waals surface area contributed by atoms with E-state index in [1.165, 1.54) is 25.7 Å². The first kappa shape index (κ1) is 23.8. The molecule has 1 saturated carbocycles. The molecule has 2 aliphatic heterocycles. The summed E-state index contributed by atoms with van der Waals surface area (Å²) in [6.07, 6.45) is 8.27. The van der Waals surface area contributed by atoms with Crippen LogP contribution in [0.1, 0.15) is 57.4 Å². The second kappa shape index (κ2) is 10.2. The molecule has 4 rings (SSSR count). The first-order chi connectivity index (χ1) is 14.0. The van der Waals surface area contributed by atoms with E-state index in [0.717, 1.165) is 50.4 Å². The lowest BCUT2D eigenvalue weighted by Crippen LogP contribution is -2.42. The van der Waals surface area contributed by atoms with Crippen molar-refractivity contribution in [2.45, 2.75) is 63.3 Å². The Bertz CT molecular complexity index is 848. The molecule has 2 heterocycles. The van der Waals surface area contributed by atoms with Gasteiger partial charge in [0.15, 0.2) is 5.96 Å². The Morgan fingerprint density at radius 3 is 2.43 bits per heavy atom. The molecule has 1 aromatic rings. The van der Waals surface area contributed by atoms with Gasteiger partial charge in [-0.25, -0.2) is 13.4 Å². The topological polar surface area (TPSA) is 65.0 Å². The normalized spacial score (nSPS) is 21.9. The van der Waals surface area contributed by atoms with Gasteiger partial charge in [0.05, 0.1) is 11.4 Å². The highest BCUT2D eigenvalue weighted by molar-refractivity contribution is 14.0. The van der Waals surface area contributed by atoms with E-state index in [1.54, 1.807) is 10.4 Å². The van der Waals surface area contributed by atoms with Gasteiger partial charge in [-0.05, 0) is 56.1 Å². The molecule has 0 bridgehead atoms. The summed E-state index contributed by atoms with van der Waals surface area (Å²) in [5.41, 5.74) is 1.29. The zero-order valence-electron chi connectivity index (χ0n) is 18.0. The molecule has 0 amide bonds. The van der Waals surface area contributed by atoms with Crippen LogP contribution in [0.15, 0.2) is 34.2 Å². The molecular formula is C22H35IN4O2S. The summed E-state index contributed by atoms with van der Waals surface area (Å²) < 4.78 is 28.1. The van der Waals surface area contributed by atoms with Crippen LogP contribution < -0.4 is 5.32 Å². The van der Waals surface area contributed by atoms with Gasteiger partial charge in [-0.15, -0.1) is 24.0 Å². The maximum absolute atomic E-state index is 13.2.